The molecule has 14 nitrogen and oxygen atoms in total. The van der Waals surface area contributed by atoms with E-state index in [1.165, 1.54) is 28.7 Å². The van der Waals surface area contributed by atoms with Crippen molar-refractivity contribution in [2.45, 2.75) is 64.6 Å². The number of hydrogen-bond acceptors (Lipinski definition) is 12. The average Bonchev–Trinajstić information content (AvgIpc) is 3.05. The van der Waals surface area contributed by atoms with Crippen molar-refractivity contribution >= 4 is 56.7 Å². The number of nitriles is 1. The second-order valence-electron chi connectivity index (χ2n) is 15.2. The van der Waals surface area contributed by atoms with E-state index in [1.807, 2.05) is 0 Å². The standard InChI is InChI=1S/C38H44ClN9O5/c1-21(41)35(50)52-20-53-36(51)48(24-11-28-31(45-19-37(2,3)4)23(16-40)17-44-32(28)29(39)12-24)33(30(42)18-47(43)38-13-22(14-38)15-38)26-7-6-8-27-25(26)9-10-46(5)34(27)49/h6-12,17-18,21-22,33H,13-15,19-20,41-43H2,1-5H3,(H,44,45)/b30-18-. The lowest BCUT2D eigenvalue weighted by Crippen LogP contribution is -2.68. The molecule has 15 heteroatoms. The van der Waals surface area contributed by atoms with E-state index in [4.69, 9.17) is 38.4 Å². The normalized spacial score (nSPS) is 19.0. The number of amides is 1. The third-order valence-electron chi connectivity index (χ3n) is 9.92. The predicted octanol–water partition coefficient (Wildman–Crippen LogP) is 5.13. The molecule has 0 aliphatic heterocycles. The van der Waals surface area contributed by atoms with E-state index in [2.05, 4.69) is 37.1 Å². The van der Waals surface area contributed by atoms with Crippen molar-refractivity contribution in [3.63, 3.8) is 0 Å². The number of anilines is 2. The van der Waals surface area contributed by atoms with Crippen molar-refractivity contribution in [1.29, 1.82) is 5.26 Å². The van der Waals surface area contributed by atoms with Crippen LogP contribution in [0.5, 0.6) is 0 Å². The third kappa shape index (κ3) is 7.20. The SMILES string of the molecule is CC(N)C(=O)OCOC(=O)N(c1cc(Cl)c2ncc(C#N)c(NCC(C)(C)C)c2c1)C(/C(N)=C/N(N)C12CC(C1)C2)c1cccc2c(=O)n(C)ccc12. The Morgan fingerprint density at radius 3 is 2.53 bits per heavy atom. The predicted molar refractivity (Wildman–Crippen MR) is 203 cm³/mol. The van der Waals surface area contributed by atoms with Crippen LogP contribution in [0.3, 0.4) is 0 Å². The van der Waals surface area contributed by atoms with Gasteiger partial charge in [-0.1, -0.05) is 44.5 Å². The van der Waals surface area contributed by atoms with Crippen molar-refractivity contribution < 1.29 is 19.1 Å². The van der Waals surface area contributed by atoms with Crippen LogP contribution in [0.15, 0.2) is 65.5 Å². The topological polar surface area (TPSA) is 208 Å². The van der Waals surface area contributed by atoms with Crippen LogP contribution in [0, 0.1) is 22.7 Å². The van der Waals surface area contributed by atoms with E-state index in [9.17, 15) is 19.6 Å². The summed E-state index contributed by atoms with van der Waals surface area (Å²) in [6.45, 7) is 7.34. The van der Waals surface area contributed by atoms with Crippen LogP contribution in [-0.4, -0.2) is 51.5 Å². The number of nitrogens with zero attached hydrogens (tertiary/aromatic N) is 5. The van der Waals surface area contributed by atoms with Crippen LogP contribution >= 0.6 is 11.6 Å². The second kappa shape index (κ2) is 14.2. The summed E-state index contributed by atoms with van der Waals surface area (Å²) in [6.07, 6.45) is 6.51. The molecule has 3 saturated carbocycles. The highest BCUT2D eigenvalue weighted by Crippen LogP contribution is 2.60. The van der Waals surface area contributed by atoms with E-state index >= 15 is 0 Å². The van der Waals surface area contributed by atoms with Gasteiger partial charge in [0.15, 0.2) is 0 Å². The van der Waals surface area contributed by atoms with Crippen molar-refractivity contribution in [2.75, 3.05) is 23.6 Å². The number of esters is 1. The second-order valence-corrected chi connectivity index (χ2v) is 15.6. The molecular formula is C38H44ClN9O5. The van der Waals surface area contributed by atoms with Crippen LogP contribution < -0.4 is 33.1 Å². The van der Waals surface area contributed by atoms with Gasteiger partial charge in [-0.25, -0.2) is 10.6 Å². The van der Waals surface area contributed by atoms with Gasteiger partial charge >= 0.3 is 12.1 Å². The van der Waals surface area contributed by atoms with E-state index in [1.54, 1.807) is 54.8 Å². The Morgan fingerprint density at radius 2 is 1.91 bits per heavy atom. The van der Waals surface area contributed by atoms with Gasteiger partial charge in [0.1, 0.15) is 18.2 Å². The number of carbonyl (C=O) groups is 2. The number of hydrazine groups is 1. The Bertz CT molecular complexity index is 2220. The molecule has 2 bridgehead atoms. The zero-order valence-corrected chi connectivity index (χ0v) is 31.1. The molecule has 3 fully saturated rings. The van der Waals surface area contributed by atoms with Crippen molar-refractivity contribution in [3.8, 4) is 6.07 Å². The molecule has 0 spiro atoms. The Kier molecular flexibility index (Phi) is 10.0. The Hall–Kier alpha value is -5.36. The first kappa shape index (κ1) is 37.4. The fourth-order valence-corrected chi connectivity index (χ4v) is 7.20. The molecule has 2 aromatic carbocycles. The molecule has 53 heavy (non-hydrogen) atoms. The molecular weight excluding hydrogens is 698 g/mol. The summed E-state index contributed by atoms with van der Waals surface area (Å²) in [5.74, 6) is 6.50. The summed E-state index contributed by atoms with van der Waals surface area (Å²) in [5.41, 5.74) is 14.0. The monoisotopic (exact) mass is 741 g/mol. The molecule has 7 N–H and O–H groups in total. The number of aryl methyl sites for hydroxylation is 1. The van der Waals surface area contributed by atoms with Gasteiger partial charge in [0.2, 0.25) is 6.79 Å². The molecule has 278 valence electrons. The summed E-state index contributed by atoms with van der Waals surface area (Å²) in [4.78, 5) is 45.8. The highest BCUT2D eigenvalue weighted by Gasteiger charge is 2.59. The molecule has 2 heterocycles. The average molecular weight is 742 g/mol. The lowest BCUT2D eigenvalue weighted by Gasteiger charge is -2.65. The van der Waals surface area contributed by atoms with E-state index in [0.717, 1.165) is 19.3 Å². The van der Waals surface area contributed by atoms with E-state index in [0.29, 0.717) is 45.4 Å². The highest BCUT2D eigenvalue weighted by atomic mass is 35.5. The minimum absolute atomic E-state index is 0.154. The lowest BCUT2D eigenvalue weighted by molar-refractivity contribution is -0.152. The maximum atomic E-state index is 14.5. The van der Waals surface area contributed by atoms with Crippen LogP contribution in [0.25, 0.3) is 21.7 Å². The first-order chi connectivity index (χ1) is 25.0. The number of rotatable bonds is 11. The summed E-state index contributed by atoms with van der Waals surface area (Å²) in [7, 11) is 1.65. The molecule has 2 atom stereocenters. The maximum Gasteiger partial charge on any atom is 0.418 e. The summed E-state index contributed by atoms with van der Waals surface area (Å²) >= 11 is 6.94. The molecule has 2 unspecified atom stereocenters. The number of nitrogens with one attached hydrogen (secondary N) is 1. The molecule has 2 aromatic heterocycles. The largest absolute Gasteiger partial charge is 0.427 e. The molecule has 7 rings (SSSR count). The number of halogens is 1. The number of carbonyl (C=O) groups excluding carboxylic acids is 2. The molecule has 0 saturated heterocycles. The van der Waals surface area contributed by atoms with Gasteiger partial charge < -0.3 is 35.8 Å². The van der Waals surface area contributed by atoms with Gasteiger partial charge in [-0.05, 0) is 72.7 Å². The summed E-state index contributed by atoms with van der Waals surface area (Å²) < 4.78 is 12.2. The minimum atomic E-state index is -1.15. The first-order valence-corrected chi connectivity index (χ1v) is 17.7. The first-order valence-electron chi connectivity index (χ1n) is 17.3. The number of ether oxygens (including phenoxy) is 2. The lowest BCUT2D eigenvalue weighted by atomic mass is 9.49. The fraction of sp³-hybridized carbons (Fsp3) is 0.395. The van der Waals surface area contributed by atoms with E-state index < -0.39 is 30.9 Å². The highest BCUT2D eigenvalue weighted by molar-refractivity contribution is 6.36. The quantitative estimate of drug-likeness (QED) is 0.0683. The zero-order valence-electron chi connectivity index (χ0n) is 30.4. The number of benzene rings is 2. The van der Waals surface area contributed by atoms with Crippen LogP contribution in [0.2, 0.25) is 5.02 Å². The van der Waals surface area contributed by atoms with Gasteiger partial charge in [0.25, 0.3) is 5.56 Å². The van der Waals surface area contributed by atoms with E-state index in [-0.39, 0.29) is 38.5 Å². The molecule has 3 aliphatic carbocycles. The number of hydrogen-bond donors (Lipinski definition) is 4. The van der Waals surface area contributed by atoms with Gasteiger partial charge in [-0.2, -0.15) is 5.26 Å². The summed E-state index contributed by atoms with van der Waals surface area (Å²) in [6, 6.07) is 10.2. The number of pyridine rings is 2. The van der Waals surface area contributed by atoms with Crippen molar-refractivity contribution in [3.05, 3.63) is 87.2 Å². The fourth-order valence-electron chi connectivity index (χ4n) is 6.93. The van der Waals surface area contributed by atoms with Gasteiger partial charge in [0, 0.05) is 43.0 Å². The third-order valence-corrected chi connectivity index (χ3v) is 10.2. The maximum absolute atomic E-state index is 14.5. The number of aromatic nitrogens is 2. The van der Waals surface area contributed by atoms with Crippen LogP contribution in [-0.2, 0) is 21.3 Å². The zero-order chi connectivity index (χ0) is 38.4. The van der Waals surface area contributed by atoms with Crippen LogP contribution in [0.4, 0.5) is 16.2 Å². The molecule has 3 aliphatic rings. The number of fused-ring (bicyclic) bond motifs is 2. The Balaban J connectivity index is 1.59. The van der Waals surface area contributed by atoms with Gasteiger partial charge in [0.05, 0.1) is 38.7 Å². The van der Waals surface area contributed by atoms with Gasteiger partial charge in [-0.15, -0.1) is 0 Å². The smallest absolute Gasteiger partial charge is 0.418 e. The molecule has 4 aromatic rings. The van der Waals surface area contributed by atoms with Crippen molar-refractivity contribution in [1.82, 2.24) is 14.6 Å². The molecule has 1 amide bonds. The minimum Gasteiger partial charge on any atom is -0.427 e. The van der Waals surface area contributed by atoms with Gasteiger partial charge in [-0.3, -0.25) is 19.5 Å². The number of nitrogens with two attached hydrogens (primary N) is 3. The Labute approximate surface area is 312 Å². The van der Waals surface area contributed by atoms with Crippen LogP contribution in [0.1, 0.15) is 64.1 Å². The van der Waals surface area contributed by atoms with Crippen molar-refractivity contribution in [2.24, 2.45) is 35.7 Å². The Morgan fingerprint density at radius 1 is 1.19 bits per heavy atom. The summed E-state index contributed by atoms with van der Waals surface area (Å²) in [5, 5.41) is 16.6. The molecule has 0 radical (unpaired) electrons.